The van der Waals surface area contributed by atoms with Crippen molar-refractivity contribution in [2.45, 2.75) is 84.5 Å². The average molecular weight is 337 g/mol. The van der Waals surface area contributed by atoms with Gasteiger partial charge < -0.3 is 0 Å². The summed E-state index contributed by atoms with van der Waals surface area (Å²) in [4.78, 5) is 0. The maximum atomic E-state index is 2.32. The second kappa shape index (κ2) is 8.21. The van der Waals surface area contributed by atoms with E-state index in [0.29, 0.717) is 0 Å². The van der Waals surface area contributed by atoms with Crippen LogP contribution in [0, 0.1) is 0 Å². The molecule has 0 saturated heterocycles. The molecule has 0 aliphatic heterocycles. The molecule has 0 atom stereocenters. The molecule has 0 radical (unpaired) electrons. The second-order valence-corrected chi connectivity index (χ2v) is 8.72. The molecule has 0 N–H and O–H groups in total. The van der Waals surface area contributed by atoms with E-state index in [1.807, 2.05) is 0 Å². The lowest BCUT2D eigenvalue weighted by Gasteiger charge is -2.23. The topological polar surface area (TPSA) is 0 Å². The highest BCUT2D eigenvalue weighted by Crippen LogP contribution is 2.28. The predicted molar refractivity (Wildman–Crippen MR) is 112 cm³/mol. The van der Waals surface area contributed by atoms with Crippen molar-refractivity contribution in [2.75, 3.05) is 0 Å². The summed E-state index contributed by atoms with van der Waals surface area (Å²) in [5, 5.41) is 0. The minimum atomic E-state index is 0.284. The number of hydrogen-bond donors (Lipinski definition) is 0. The molecule has 0 heterocycles. The first-order valence-electron chi connectivity index (χ1n) is 9.97. The summed E-state index contributed by atoms with van der Waals surface area (Å²) in [5.41, 5.74) is 6.39. The van der Waals surface area contributed by atoms with Crippen molar-refractivity contribution in [3.63, 3.8) is 0 Å². The Hall–Kier alpha value is -1.56. The Kier molecular flexibility index (Phi) is 6.49. The minimum absolute atomic E-state index is 0.284. The van der Waals surface area contributed by atoms with Crippen LogP contribution in [0.4, 0.5) is 0 Å². The van der Waals surface area contributed by atoms with Gasteiger partial charge in [0.15, 0.2) is 0 Å². The standard InChI is InChI=1S/C25H36/c1-7-24(3,4)22-16-12-20(13-17-22)10-9-11-21-14-18-23(19-15-21)25(5,6)8-2/h12-19H,7-11H2,1-6H3. The van der Waals surface area contributed by atoms with Gasteiger partial charge in [0.05, 0.1) is 0 Å². The van der Waals surface area contributed by atoms with Crippen molar-refractivity contribution in [1.29, 1.82) is 0 Å². The van der Waals surface area contributed by atoms with Gasteiger partial charge in [0, 0.05) is 0 Å². The molecular formula is C25H36. The highest BCUT2D eigenvalue weighted by atomic mass is 14.2. The lowest BCUT2D eigenvalue weighted by atomic mass is 9.81. The third-order valence-electron chi connectivity index (χ3n) is 6.17. The first-order valence-corrected chi connectivity index (χ1v) is 9.97. The Morgan fingerprint density at radius 2 is 0.880 bits per heavy atom. The Balaban J connectivity index is 1.88. The van der Waals surface area contributed by atoms with Crippen LogP contribution >= 0.6 is 0 Å². The average Bonchev–Trinajstić information content (AvgIpc) is 2.62. The van der Waals surface area contributed by atoms with Gasteiger partial charge in [-0.3, -0.25) is 0 Å². The maximum Gasteiger partial charge on any atom is -0.0106 e. The van der Waals surface area contributed by atoms with Crippen LogP contribution in [-0.4, -0.2) is 0 Å². The van der Waals surface area contributed by atoms with Gasteiger partial charge in [-0.1, -0.05) is 90.1 Å². The number of aryl methyl sites for hydroxylation is 2. The van der Waals surface area contributed by atoms with E-state index in [4.69, 9.17) is 0 Å². The summed E-state index contributed by atoms with van der Waals surface area (Å²) >= 11 is 0. The van der Waals surface area contributed by atoms with Crippen LogP contribution in [-0.2, 0) is 23.7 Å². The minimum Gasteiger partial charge on any atom is -0.0646 e. The molecule has 2 aromatic rings. The van der Waals surface area contributed by atoms with Crippen LogP contribution in [0.25, 0.3) is 0 Å². The molecule has 0 aliphatic rings. The van der Waals surface area contributed by atoms with Crippen LogP contribution in [0.1, 0.15) is 83.1 Å². The first-order chi connectivity index (χ1) is 11.8. The van der Waals surface area contributed by atoms with Crippen LogP contribution in [0.5, 0.6) is 0 Å². The zero-order valence-corrected chi connectivity index (χ0v) is 17.2. The highest BCUT2D eigenvalue weighted by Gasteiger charge is 2.18. The molecule has 25 heavy (non-hydrogen) atoms. The van der Waals surface area contributed by atoms with E-state index >= 15 is 0 Å². The van der Waals surface area contributed by atoms with E-state index < -0.39 is 0 Å². The molecule has 0 aliphatic carbocycles. The van der Waals surface area contributed by atoms with E-state index in [9.17, 15) is 0 Å². The van der Waals surface area contributed by atoms with Crippen LogP contribution in [0.3, 0.4) is 0 Å². The fraction of sp³-hybridized carbons (Fsp3) is 0.520. The second-order valence-electron chi connectivity index (χ2n) is 8.72. The summed E-state index contributed by atoms with van der Waals surface area (Å²) in [7, 11) is 0. The summed E-state index contributed by atoms with van der Waals surface area (Å²) in [6, 6.07) is 18.6. The number of rotatable bonds is 8. The molecule has 136 valence electrons. The lowest BCUT2D eigenvalue weighted by molar-refractivity contribution is 0.506. The highest BCUT2D eigenvalue weighted by molar-refractivity contribution is 5.29. The Labute approximate surface area is 155 Å². The maximum absolute atomic E-state index is 2.32. The lowest BCUT2D eigenvalue weighted by Crippen LogP contribution is -2.15. The molecule has 2 aromatic carbocycles. The normalized spacial score (nSPS) is 12.4. The van der Waals surface area contributed by atoms with E-state index in [1.165, 1.54) is 41.5 Å². The quantitative estimate of drug-likeness (QED) is 0.476. The summed E-state index contributed by atoms with van der Waals surface area (Å²) < 4.78 is 0. The molecule has 2 rings (SSSR count). The van der Waals surface area contributed by atoms with E-state index in [-0.39, 0.29) is 10.8 Å². The van der Waals surface area contributed by atoms with Gasteiger partial charge in [-0.2, -0.15) is 0 Å². The Bertz CT molecular complexity index is 582. The van der Waals surface area contributed by atoms with E-state index in [0.717, 1.165) is 12.8 Å². The van der Waals surface area contributed by atoms with Crippen molar-refractivity contribution in [1.82, 2.24) is 0 Å². The first kappa shape index (κ1) is 19.8. The molecule has 0 nitrogen and oxygen atoms in total. The zero-order chi connectivity index (χ0) is 18.5. The fourth-order valence-corrected chi connectivity index (χ4v) is 3.15. The van der Waals surface area contributed by atoms with E-state index in [1.54, 1.807) is 0 Å². The van der Waals surface area contributed by atoms with Crippen LogP contribution in [0.2, 0.25) is 0 Å². The summed E-state index contributed by atoms with van der Waals surface area (Å²) in [6.07, 6.45) is 5.89. The van der Waals surface area contributed by atoms with Crippen molar-refractivity contribution < 1.29 is 0 Å². The molecule has 0 spiro atoms. The molecule has 0 bridgehead atoms. The van der Waals surface area contributed by atoms with Crippen molar-refractivity contribution in [3.05, 3.63) is 70.8 Å². The monoisotopic (exact) mass is 336 g/mol. The largest absolute Gasteiger partial charge is 0.0646 e. The van der Waals surface area contributed by atoms with Crippen LogP contribution < -0.4 is 0 Å². The van der Waals surface area contributed by atoms with Gasteiger partial charge in [-0.05, 0) is 65.2 Å². The summed E-state index contributed by atoms with van der Waals surface area (Å²) in [6.45, 7) is 13.8. The number of benzene rings is 2. The van der Waals surface area contributed by atoms with Crippen molar-refractivity contribution in [3.8, 4) is 0 Å². The van der Waals surface area contributed by atoms with Crippen molar-refractivity contribution >= 4 is 0 Å². The smallest absolute Gasteiger partial charge is 0.0106 e. The van der Waals surface area contributed by atoms with Gasteiger partial charge in [0.1, 0.15) is 0 Å². The molecular weight excluding hydrogens is 300 g/mol. The molecule has 0 aromatic heterocycles. The Morgan fingerprint density at radius 3 is 1.16 bits per heavy atom. The van der Waals surface area contributed by atoms with Gasteiger partial charge >= 0.3 is 0 Å². The zero-order valence-electron chi connectivity index (χ0n) is 17.2. The molecule has 0 heteroatoms. The van der Waals surface area contributed by atoms with Crippen molar-refractivity contribution in [2.24, 2.45) is 0 Å². The van der Waals surface area contributed by atoms with Gasteiger partial charge in [0.25, 0.3) is 0 Å². The fourth-order valence-electron chi connectivity index (χ4n) is 3.15. The third-order valence-corrected chi connectivity index (χ3v) is 6.17. The molecule has 0 unspecified atom stereocenters. The van der Waals surface area contributed by atoms with Gasteiger partial charge in [0.2, 0.25) is 0 Å². The molecule has 0 saturated carbocycles. The summed E-state index contributed by atoms with van der Waals surface area (Å²) in [5.74, 6) is 0. The predicted octanol–water partition coefficient (Wildman–Crippen LogP) is 7.24. The van der Waals surface area contributed by atoms with Crippen LogP contribution in [0.15, 0.2) is 48.5 Å². The Morgan fingerprint density at radius 1 is 0.560 bits per heavy atom. The van der Waals surface area contributed by atoms with Gasteiger partial charge in [-0.25, -0.2) is 0 Å². The third kappa shape index (κ3) is 5.21. The molecule has 0 amide bonds. The SMILES string of the molecule is CCC(C)(C)c1ccc(CCCc2ccc(C(C)(C)CC)cc2)cc1. The molecule has 0 fully saturated rings. The van der Waals surface area contributed by atoms with Gasteiger partial charge in [-0.15, -0.1) is 0 Å². The number of hydrogen-bond acceptors (Lipinski definition) is 0. The van der Waals surface area contributed by atoms with E-state index in [2.05, 4.69) is 90.1 Å².